The van der Waals surface area contributed by atoms with Crippen molar-refractivity contribution in [3.05, 3.63) is 59.5 Å². The summed E-state index contributed by atoms with van der Waals surface area (Å²) in [4.78, 5) is 29.6. The molecule has 1 fully saturated rings. The number of hydrogen-bond donors (Lipinski definition) is 1. The Labute approximate surface area is 251 Å². The SMILES string of the molecule is COCOc1ccccc1-c1cc2c3c([nH]c2nn1)CCN(c1ncc(C2CCN(C(=O)OC(C)(C)C)CC2)cn1)C3C. The molecule has 0 saturated carbocycles. The molecule has 0 aliphatic carbocycles. The number of para-hydroxylation sites is 1. The Bertz CT molecular complexity index is 1590. The first-order valence-electron chi connectivity index (χ1n) is 14.9. The summed E-state index contributed by atoms with van der Waals surface area (Å²) in [6.45, 7) is 10.2. The van der Waals surface area contributed by atoms with Gasteiger partial charge in [0.25, 0.3) is 0 Å². The number of nitrogens with zero attached hydrogens (tertiary/aromatic N) is 6. The van der Waals surface area contributed by atoms with Crippen LogP contribution >= 0.6 is 0 Å². The minimum Gasteiger partial charge on any atom is -0.467 e. The zero-order valence-corrected chi connectivity index (χ0v) is 25.5. The number of nitrogens with one attached hydrogen (secondary N) is 1. The summed E-state index contributed by atoms with van der Waals surface area (Å²) in [7, 11) is 1.60. The molecule has 11 nitrogen and oxygen atoms in total. The van der Waals surface area contributed by atoms with Crippen molar-refractivity contribution < 1.29 is 19.0 Å². The van der Waals surface area contributed by atoms with E-state index in [0.717, 1.165) is 53.7 Å². The van der Waals surface area contributed by atoms with Gasteiger partial charge in [0.15, 0.2) is 12.4 Å². The van der Waals surface area contributed by atoms with Crippen molar-refractivity contribution in [2.45, 2.75) is 64.5 Å². The predicted molar refractivity (Wildman–Crippen MR) is 163 cm³/mol. The van der Waals surface area contributed by atoms with Crippen LogP contribution in [0.25, 0.3) is 22.3 Å². The molecule has 226 valence electrons. The molecule has 3 aromatic heterocycles. The number of hydrogen-bond acceptors (Lipinski definition) is 9. The van der Waals surface area contributed by atoms with Crippen LogP contribution in [-0.2, 0) is 15.9 Å². The van der Waals surface area contributed by atoms with E-state index in [1.54, 1.807) is 12.0 Å². The Kier molecular flexibility index (Phi) is 7.91. The molecule has 11 heteroatoms. The summed E-state index contributed by atoms with van der Waals surface area (Å²) >= 11 is 0. The number of ether oxygens (including phenoxy) is 3. The number of piperidine rings is 1. The number of anilines is 1. The second kappa shape index (κ2) is 11.8. The number of aromatic amines is 1. The lowest BCUT2D eigenvalue weighted by Crippen LogP contribution is -2.41. The molecular formula is C32H39N7O4. The Morgan fingerprint density at radius 3 is 2.53 bits per heavy atom. The molecule has 1 unspecified atom stereocenters. The van der Waals surface area contributed by atoms with E-state index in [9.17, 15) is 4.79 Å². The number of carbonyl (C=O) groups excluding carboxylic acids is 1. The maximum atomic E-state index is 12.5. The van der Waals surface area contributed by atoms with Gasteiger partial charge in [0.2, 0.25) is 5.95 Å². The summed E-state index contributed by atoms with van der Waals surface area (Å²) in [5.41, 5.74) is 5.35. The number of H-pyrrole nitrogens is 1. The summed E-state index contributed by atoms with van der Waals surface area (Å²) < 4.78 is 16.4. The third-order valence-corrected chi connectivity index (χ3v) is 8.19. The van der Waals surface area contributed by atoms with Crippen molar-refractivity contribution in [3.63, 3.8) is 0 Å². The van der Waals surface area contributed by atoms with E-state index < -0.39 is 5.60 Å². The predicted octanol–water partition coefficient (Wildman–Crippen LogP) is 5.64. The van der Waals surface area contributed by atoms with E-state index in [1.165, 1.54) is 11.3 Å². The fraction of sp³-hybridized carbons (Fsp3) is 0.469. The van der Waals surface area contributed by atoms with Gasteiger partial charge in [0, 0.05) is 67.8 Å². The molecule has 2 aliphatic rings. The van der Waals surface area contributed by atoms with E-state index in [-0.39, 0.29) is 18.9 Å². The van der Waals surface area contributed by atoms with Gasteiger partial charge in [-0.05, 0) is 70.2 Å². The maximum Gasteiger partial charge on any atom is 0.410 e. The molecule has 5 heterocycles. The molecule has 0 spiro atoms. The van der Waals surface area contributed by atoms with Gasteiger partial charge in [-0.15, -0.1) is 10.2 Å². The zero-order chi connectivity index (χ0) is 30.1. The second-order valence-corrected chi connectivity index (χ2v) is 12.2. The maximum absolute atomic E-state index is 12.5. The number of aromatic nitrogens is 5. The Morgan fingerprint density at radius 2 is 1.81 bits per heavy atom. The van der Waals surface area contributed by atoms with Gasteiger partial charge in [-0.25, -0.2) is 14.8 Å². The van der Waals surface area contributed by atoms with Gasteiger partial charge in [-0.3, -0.25) is 0 Å². The van der Waals surface area contributed by atoms with E-state index in [2.05, 4.69) is 33.1 Å². The Hall–Kier alpha value is -4.25. The van der Waals surface area contributed by atoms with E-state index in [4.69, 9.17) is 24.2 Å². The molecule has 43 heavy (non-hydrogen) atoms. The average Bonchev–Trinajstić information content (AvgIpc) is 3.38. The molecule has 4 aromatic rings. The standard InChI is InChI=1S/C32H39N7O4/c1-20-28-24-16-26(23-8-6-7-9-27(23)42-19-41-5)36-37-29(24)35-25(28)12-15-39(20)30-33-17-22(18-34-30)21-10-13-38(14-11-21)31(40)43-32(2,3)4/h6-9,16-18,20-21H,10-15,19H2,1-5H3,(H,35,37). The number of benzene rings is 1. The first-order chi connectivity index (χ1) is 20.7. The molecule has 1 atom stereocenters. The first kappa shape index (κ1) is 28.9. The second-order valence-electron chi connectivity index (χ2n) is 12.2. The van der Waals surface area contributed by atoms with E-state index in [0.29, 0.717) is 30.7 Å². The fourth-order valence-corrected chi connectivity index (χ4v) is 6.06. The van der Waals surface area contributed by atoms with Crippen LogP contribution in [0.2, 0.25) is 0 Å². The van der Waals surface area contributed by atoms with Crippen molar-refractivity contribution >= 4 is 23.1 Å². The Morgan fingerprint density at radius 1 is 1.07 bits per heavy atom. The summed E-state index contributed by atoms with van der Waals surface area (Å²) in [5, 5.41) is 10.1. The lowest BCUT2D eigenvalue weighted by Gasteiger charge is -2.35. The van der Waals surface area contributed by atoms with Crippen molar-refractivity contribution in [2.75, 3.05) is 38.4 Å². The molecule has 1 saturated heterocycles. The lowest BCUT2D eigenvalue weighted by atomic mass is 9.91. The number of fused-ring (bicyclic) bond motifs is 3. The summed E-state index contributed by atoms with van der Waals surface area (Å²) in [6.07, 6.45) is 6.22. The minimum absolute atomic E-state index is 0.0393. The van der Waals surface area contributed by atoms with Crippen LogP contribution in [0.3, 0.4) is 0 Å². The number of carbonyl (C=O) groups is 1. The van der Waals surface area contributed by atoms with Gasteiger partial charge in [0.1, 0.15) is 11.4 Å². The van der Waals surface area contributed by atoms with Crippen LogP contribution in [0.5, 0.6) is 5.75 Å². The molecule has 1 amide bonds. The van der Waals surface area contributed by atoms with Crippen LogP contribution in [0, 0.1) is 0 Å². The monoisotopic (exact) mass is 585 g/mol. The molecular weight excluding hydrogens is 546 g/mol. The van der Waals surface area contributed by atoms with Crippen LogP contribution < -0.4 is 9.64 Å². The van der Waals surface area contributed by atoms with Crippen LogP contribution in [0.1, 0.15) is 69.3 Å². The van der Waals surface area contributed by atoms with Crippen LogP contribution in [0.15, 0.2) is 42.7 Å². The molecule has 0 radical (unpaired) electrons. The quantitative estimate of drug-likeness (QED) is 0.287. The third-order valence-electron chi connectivity index (χ3n) is 8.19. The van der Waals surface area contributed by atoms with Gasteiger partial charge in [0.05, 0.1) is 11.7 Å². The van der Waals surface area contributed by atoms with Crippen molar-refractivity contribution in [3.8, 4) is 17.0 Å². The number of amides is 1. The molecule has 1 N–H and O–H groups in total. The largest absolute Gasteiger partial charge is 0.467 e. The molecule has 1 aromatic carbocycles. The minimum atomic E-state index is -0.489. The summed E-state index contributed by atoms with van der Waals surface area (Å²) in [5.74, 6) is 1.73. The average molecular weight is 586 g/mol. The van der Waals surface area contributed by atoms with Crippen molar-refractivity contribution in [1.29, 1.82) is 0 Å². The van der Waals surface area contributed by atoms with Crippen molar-refractivity contribution in [1.82, 2.24) is 30.0 Å². The fourth-order valence-electron chi connectivity index (χ4n) is 6.06. The summed E-state index contributed by atoms with van der Waals surface area (Å²) in [6, 6.07) is 9.90. The molecule has 6 rings (SSSR count). The highest BCUT2D eigenvalue weighted by molar-refractivity contribution is 5.86. The van der Waals surface area contributed by atoms with Gasteiger partial charge >= 0.3 is 6.09 Å². The molecule has 0 bridgehead atoms. The van der Waals surface area contributed by atoms with E-state index in [1.807, 2.05) is 57.4 Å². The lowest BCUT2D eigenvalue weighted by molar-refractivity contribution is 0.0204. The van der Waals surface area contributed by atoms with Gasteiger partial charge < -0.3 is 29.0 Å². The zero-order valence-electron chi connectivity index (χ0n) is 25.5. The highest BCUT2D eigenvalue weighted by Gasteiger charge is 2.31. The van der Waals surface area contributed by atoms with Gasteiger partial charge in [-0.1, -0.05) is 12.1 Å². The normalized spacial score (nSPS) is 17.7. The van der Waals surface area contributed by atoms with E-state index >= 15 is 0 Å². The third kappa shape index (κ3) is 5.99. The smallest absolute Gasteiger partial charge is 0.410 e. The number of methoxy groups -OCH3 is 1. The highest BCUT2D eigenvalue weighted by Crippen LogP contribution is 2.38. The van der Waals surface area contributed by atoms with Crippen molar-refractivity contribution in [2.24, 2.45) is 0 Å². The number of likely N-dealkylation sites (tertiary alicyclic amines) is 1. The molecule has 2 aliphatic heterocycles. The Balaban J connectivity index is 1.18. The van der Waals surface area contributed by atoms with Gasteiger partial charge in [-0.2, -0.15) is 0 Å². The highest BCUT2D eigenvalue weighted by atomic mass is 16.7. The topological polar surface area (TPSA) is 119 Å². The van der Waals surface area contributed by atoms with Crippen LogP contribution in [0.4, 0.5) is 10.7 Å². The first-order valence-corrected chi connectivity index (χ1v) is 14.9. The number of rotatable bonds is 6. The van der Waals surface area contributed by atoms with Crippen LogP contribution in [-0.4, -0.2) is 75.3 Å².